The van der Waals surface area contributed by atoms with Gasteiger partial charge in [0, 0.05) is 0 Å². The highest BCUT2D eigenvalue weighted by atomic mass is 16.4. The first-order chi connectivity index (χ1) is 16.8. The van der Waals surface area contributed by atoms with Gasteiger partial charge in [-0.25, -0.2) is 9.59 Å². The fraction of sp³-hybridized carbons (Fsp3) is 0.821. The molecule has 204 valence electrons. The number of nitrogens with zero attached hydrogens (tertiary/aromatic N) is 1. The highest BCUT2D eigenvalue weighted by Gasteiger charge is 2.33. The van der Waals surface area contributed by atoms with Crippen molar-refractivity contribution in [3.8, 4) is 0 Å². The molecule has 35 heavy (non-hydrogen) atoms. The zero-order valence-electron chi connectivity index (χ0n) is 22.0. The van der Waals surface area contributed by atoms with Gasteiger partial charge in [0.05, 0.1) is 12.5 Å². The van der Waals surface area contributed by atoms with Gasteiger partial charge in [0.2, 0.25) is 0 Å². The second-order valence-corrected chi connectivity index (χ2v) is 10.1. The lowest BCUT2D eigenvalue weighted by atomic mass is 10.0. The molecule has 0 heterocycles. The summed E-state index contributed by atoms with van der Waals surface area (Å²) in [5, 5.41) is 29.3. The van der Waals surface area contributed by atoms with Crippen molar-refractivity contribution in [2.24, 2.45) is 0 Å². The van der Waals surface area contributed by atoms with Gasteiger partial charge < -0.3 is 24.6 Å². The molecule has 0 aromatic carbocycles. The van der Waals surface area contributed by atoms with E-state index in [0.717, 1.165) is 25.7 Å². The molecule has 0 unspecified atom stereocenters. The van der Waals surface area contributed by atoms with Gasteiger partial charge in [-0.3, -0.25) is 0 Å². The number of hydrogen-bond donors (Lipinski definition) is 2. The summed E-state index contributed by atoms with van der Waals surface area (Å²) >= 11 is 0. The molecule has 0 aliphatic rings. The van der Waals surface area contributed by atoms with E-state index in [9.17, 15) is 19.5 Å². The number of aliphatic carboxylic acids is 3. The van der Waals surface area contributed by atoms with Crippen molar-refractivity contribution >= 4 is 17.9 Å². The van der Waals surface area contributed by atoms with Crippen LogP contribution in [0, 0.1) is 0 Å². The standard InChI is InChI=1S/C28H51NO6/c1-2-3-4-5-6-7-8-9-10-11-12-13-14-15-16-17-18-19-20-21-22-29(23-26(30)31,24-27(32)33)25-28(34)35/h2H,1,3-25H2,(H2-,30,31,32,33,34,35). The van der Waals surface area contributed by atoms with E-state index >= 15 is 0 Å². The fourth-order valence-electron chi connectivity index (χ4n) is 4.82. The minimum atomic E-state index is -1.42. The van der Waals surface area contributed by atoms with Crippen LogP contribution in [0.3, 0.4) is 0 Å². The van der Waals surface area contributed by atoms with Crippen molar-refractivity contribution in [2.45, 2.75) is 122 Å². The highest BCUT2D eigenvalue weighted by molar-refractivity contribution is 5.72. The van der Waals surface area contributed by atoms with E-state index in [-0.39, 0.29) is 6.54 Å². The second kappa shape index (κ2) is 22.6. The lowest BCUT2D eigenvalue weighted by Crippen LogP contribution is -2.59. The molecule has 0 atom stereocenters. The Bertz CT molecular complexity index is 537. The van der Waals surface area contributed by atoms with Crippen molar-refractivity contribution in [3.63, 3.8) is 0 Å². The van der Waals surface area contributed by atoms with E-state index in [4.69, 9.17) is 10.2 Å². The molecule has 7 heteroatoms. The molecule has 0 aliphatic heterocycles. The average molecular weight is 498 g/mol. The summed E-state index contributed by atoms with van der Waals surface area (Å²) in [5.74, 6) is -3.81. The van der Waals surface area contributed by atoms with Crippen LogP contribution in [-0.4, -0.2) is 58.8 Å². The zero-order valence-corrected chi connectivity index (χ0v) is 22.0. The molecule has 0 radical (unpaired) electrons. The molecule has 0 bridgehead atoms. The van der Waals surface area contributed by atoms with Crippen LogP contribution < -0.4 is 5.11 Å². The Balaban J connectivity index is 3.66. The third-order valence-corrected chi connectivity index (χ3v) is 6.70. The van der Waals surface area contributed by atoms with Crippen molar-refractivity contribution in [1.29, 1.82) is 0 Å². The Morgan fingerprint density at radius 2 is 0.886 bits per heavy atom. The van der Waals surface area contributed by atoms with Gasteiger partial charge in [-0.2, -0.15) is 0 Å². The molecule has 0 rings (SSSR count). The van der Waals surface area contributed by atoms with Gasteiger partial charge >= 0.3 is 11.9 Å². The summed E-state index contributed by atoms with van der Waals surface area (Å²) < 4.78 is -0.497. The van der Waals surface area contributed by atoms with E-state index < -0.39 is 42.0 Å². The first-order valence-electron chi connectivity index (χ1n) is 13.9. The summed E-state index contributed by atoms with van der Waals surface area (Å²) in [6.45, 7) is 2.36. The minimum absolute atomic E-state index is 0.225. The molecule has 0 aromatic rings. The Kier molecular flexibility index (Phi) is 21.3. The first-order valence-corrected chi connectivity index (χ1v) is 13.9. The number of hydrogen-bond acceptors (Lipinski definition) is 4. The van der Waals surface area contributed by atoms with Crippen LogP contribution >= 0.6 is 0 Å². The van der Waals surface area contributed by atoms with Crippen LogP contribution in [-0.2, 0) is 14.4 Å². The summed E-state index contributed by atoms with van der Waals surface area (Å²) in [6.07, 6.45) is 25.2. The van der Waals surface area contributed by atoms with Crippen LogP contribution in [0.1, 0.15) is 122 Å². The molecule has 0 aliphatic carbocycles. The Labute approximate surface area is 213 Å². The predicted octanol–water partition coefficient (Wildman–Crippen LogP) is 5.32. The smallest absolute Gasteiger partial charge is 0.359 e. The molecule has 7 nitrogen and oxygen atoms in total. The number of quaternary nitrogens is 1. The third-order valence-electron chi connectivity index (χ3n) is 6.70. The number of carboxylic acids is 3. The normalized spacial score (nSPS) is 11.4. The van der Waals surface area contributed by atoms with E-state index in [1.807, 2.05) is 6.08 Å². The van der Waals surface area contributed by atoms with Crippen LogP contribution in [0.2, 0.25) is 0 Å². The number of carbonyl (C=O) groups excluding carboxylic acids is 1. The Morgan fingerprint density at radius 3 is 1.17 bits per heavy atom. The summed E-state index contributed by atoms with van der Waals surface area (Å²) in [4.78, 5) is 33.4. The molecule has 0 spiro atoms. The number of rotatable bonds is 27. The summed E-state index contributed by atoms with van der Waals surface area (Å²) in [5.41, 5.74) is 0. The van der Waals surface area contributed by atoms with Gasteiger partial charge in [-0.1, -0.05) is 102 Å². The predicted molar refractivity (Wildman–Crippen MR) is 138 cm³/mol. The first kappa shape index (κ1) is 33.1. The van der Waals surface area contributed by atoms with E-state index in [0.29, 0.717) is 6.42 Å². The highest BCUT2D eigenvalue weighted by Crippen LogP contribution is 2.16. The maximum atomic E-state index is 11.2. The molecule has 0 fully saturated rings. The number of carbonyl (C=O) groups is 3. The quantitative estimate of drug-likeness (QED) is 0.0901. The SMILES string of the molecule is C=CCCCCCCCCCCCCCCCCCCCC[N+](CC(=O)[O-])(CC(=O)O)CC(=O)O. The maximum absolute atomic E-state index is 11.2. The van der Waals surface area contributed by atoms with Gasteiger partial charge in [-0.05, 0) is 25.7 Å². The van der Waals surface area contributed by atoms with Crippen molar-refractivity contribution in [1.82, 2.24) is 0 Å². The van der Waals surface area contributed by atoms with Crippen molar-refractivity contribution in [2.75, 3.05) is 26.2 Å². The molecular formula is C28H51NO6. The van der Waals surface area contributed by atoms with Gasteiger partial charge in [0.25, 0.3) is 0 Å². The van der Waals surface area contributed by atoms with Crippen LogP contribution in [0.15, 0.2) is 12.7 Å². The van der Waals surface area contributed by atoms with Crippen molar-refractivity contribution in [3.05, 3.63) is 12.7 Å². The number of allylic oxidation sites excluding steroid dienone is 1. The molecule has 0 saturated heterocycles. The zero-order chi connectivity index (χ0) is 26.2. The fourth-order valence-corrected chi connectivity index (χ4v) is 4.82. The lowest BCUT2D eigenvalue weighted by Gasteiger charge is -2.36. The Hall–Kier alpha value is -1.89. The maximum Gasteiger partial charge on any atom is 0.359 e. The monoisotopic (exact) mass is 497 g/mol. The molecule has 0 aromatic heterocycles. The van der Waals surface area contributed by atoms with E-state index in [1.54, 1.807) is 0 Å². The van der Waals surface area contributed by atoms with Gasteiger partial charge in [-0.15, -0.1) is 6.58 Å². The van der Waals surface area contributed by atoms with E-state index in [1.165, 1.54) is 89.9 Å². The lowest BCUT2D eigenvalue weighted by molar-refractivity contribution is -0.909. The molecular weight excluding hydrogens is 446 g/mol. The van der Waals surface area contributed by atoms with Crippen LogP contribution in [0.5, 0.6) is 0 Å². The van der Waals surface area contributed by atoms with Crippen LogP contribution in [0.4, 0.5) is 0 Å². The van der Waals surface area contributed by atoms with Gasteiger partial charge in [0.15, 0.2) is 13.1 Å². The molecule has 0 saturated carbocycles. The Morgan fingerprint density at radius 1 is 0.571 bits per heavy atom. The average Bonchev–Trinajstić information content (AvgIpc) is 2.76. The largest absolute Gasteiger partial charge is 0.544 e. The minimum Gasteiger partial charge on any atom is -0.544 e. The summed E-state index contributed by atoms with van der Waals surface area (Å²) in [7, 11) is 0. The third kappa shape index (κ3) is 22.3. The second-order valence-electron chi connectivity index (χ2n) is 10.1. The number of unbranched alkanes of at least 4 members (excludes halogenated alkanes) is 18. The molecule has 2 N–H and O–H groups in total. The van der Waals surface area contributed by atoms with Crippen molar-refractivity contribution < 1.29 is 34.2 Å². The van der Waals surface area contributed by atoms with Crippen LogP contribution in [0.25, 0.3) is 0 Å². The topological polar surface area (TPSA) is 115 Å². The number of carboxylic acid groups (broad SMARTS) is 3. The van der Waals surface area contributed by atoms with Gasteiger partial charge in [0.1, 0.15) is 6.54 Å². The summed E-state index contributed by atoms with van der Waals surface area (Å²) in [6, 6.07) is 0. The van der Waals surface area contributed by atoms with E-state index in [2.05, 4.69) is 6.58 Å². The molecule has 0 amide bonds.